The maximum Gasteiger partial charge on any atom is 0.241 e. The van der Waals surface area contributed by atoms with E-state index in [0.717, 1.165) is 0 Å². The molecule has 0 spiro atoms. The Hall–Kier alpha value is -1.97. The summed E-state index contributed by atoms with van der Waals surface area (Å²) in [4.78, 5) is 27.8. The third kappa shape index (κ3) is 5.75. The number of amides is 2. The molecule has 0 aromatic heterocycles. The van der Waals surface area contributed by atoms with E-state index in [0.29, 0.717) is 31.9 Å². The fourth-order valence-corrected chi connectivity index (χ4v) is 4.18. The van der Waals surface area contributed by atoms with Crippen LogP contribution in [0.1, 0.15) is 27.7 Å². The Morgan fingerprint density at radius 3 is 2.04 bits per heavy atom. The molecule has 1 saturated heterocycles. The van der Waals surface area contributed by atoms with Gasteiger partial charge in [-0.25, -0.2) is 13.1 Å². The van der Waals surface area contributed by atoms with Crippen LogP contribution in [0.2, 0.25) is 0 Å². The molecule has 1 fully saturated rings. The number of piperazine rings is 1. The molecule has 0 radical (unpaired) electrons. The number of hydrogen-bond acceptors (Lipinski definition) is 5. The van der Waals surface area contributed by atoms with Gasteiger partial charge < -0.3 is 10.2 Å². The molecule has 1 aromatic carbocycles. The monoisotopic (exact) mass is 396 g/mol. The van der Waals surface area contributed by atoms with Gasteiger partial charge in [0, 0.05) is 44.8 Å². The van der Waals surface area contributed by atoms with Gasteiger partial charge in [-0.05, 0) is 45.0 Å². The molecular weight excluding hydrogens is 368 g/mol. The molecule has 2 N–H and O–H groups in total. The lowest BCUT2D eigenvalue weighted by molar-refractivity contribution is -0.131. The van der Waals surface area contributed by atoms with Gasteiger partial charge >= 0.3 is 0 Å². The molecule has 1 aromatic rings. The molecule has 27 heavy (non-hydrogen) atoms. The second kappa shape index (κ2) is 8.81. The van der Waals surface area contributed by atoms with Gasteiger partial charge in [0.1, 0.15) is 0 Å². The van der Waals surface area contributed by atoms with Gasteiger partial charge in [0.15, 0.2) is 0 Å². The average molecular weight is 397 g/mol. The molecular formula is C18H28N4O4S. The minimum absolute atomic E-state index is 0.0498. The van der Waals surface area contributed by atoms with E-state index < -0.39 is 10.0 Å². The third-order valence-electron chi connectivity index (χ3n) is 4.51. The molecule has 0 bridgehead atoms. The summed E-state index contributed by atoms with van der Waals surface area (Å²) in [5.74, 6) is -0.115. The van der Waals surface area contributed by atoms with Crippen molar-refractivity contribution in [3.63, 3.8) is 0 Å². The van der Waals surface area contributed by atoms with Crippen LogP contribution in [-0.2, 0) is 19.6 Å². The topological polar surface area (TPSA) is 98.8 Å². The van der Waals surface area contributed by atoms with Gasteiger partial charge in [0.2, 0.25) is 21.8 Å². The summed E-state index contributed by atoms with van der Waals surface area (Å²) in [6.07, 6.45) is 0. The standard InChI is InChI=1S/C18H28N4O4S/c1-13(2)20-27(25,26)17-7-5-16(6-8-17)19-18(24)14(3)21-9-11-22(12-10-21)15(4)23/h5-8,13-14,20H,9-12H2,1-4H3,(H,19,24)/t14-/m0/s1. The lowest BCUT2D eigenvalue weighted by Crippen LogP contribution is -2.53. The zero-order valence-electron chi connectivity index (χ0n) is 16.2. The normalized spacial score (nSPS) is 17.0. The highest BCUT2D eigenvalue weighted by atomic mass is 32.2. The van der Waals surface area contributed by atoms with Crippen molar-refractivity contribution in [1.29, 1.82) is 0 Å². The molecule has 0 aliphatic carbocycles. The minimum Gasteiger partial charge on any atom is -0.340 e. The average Bonchev–Trinajstić information content (AvgIpc) is 2.60. The van der Waals surface area contributed by atoms with Crippen molar-refractivity contribution in [3.8, 4) is 0 Å². The van der Waals surface area contributed by atoms with E-state index in [9.17, 15) is 18.0 Å². The Bertz CT molecular complexity index is 769. The predicted molar refractivity (Wildman–Crippen MR) is 104 cm³/mol. The molecule has 1 aliphatic rings. The van der Waals surface area contributed by atoms with Crippen LogP contribution in [0.4, 0.5) is 5.69 Å². The highest BCUT2D eigenvalue weighted by Gasteiger charge is 2.26. The van der Waals surface area contributed by atoms with Gasteiger partial charge in [-0.15, -0.1) is 0 Å². The molecule has 0 unspecified atom stereocenters. The molecule has 1 aliphatic heterocycles. The maximum atomic E-state index is 12.5. The first-order chi connectivity index (χ1) is 12.6. The SMILES string of the molecule is CC(=O)N1CCN([C@@H](C)C(=O)Nc2ccc(S(=O)(=O)NC(C)C)cc2)CC1. The second-order valence-corrected chi connectivity index (χ2v) is 8.72. The Kier molecular flexibility index (Phi) is 6.96. The summed E-state index contributed by atoms with van der Waals surface area (Å²) < 4.78 is 26.8. The van der Waals surface area contributed by atoms with Gasteiger partial charge in [0.05, 0.1) is 10.9 Å². The van der Waals surface area contributed by atoms with Gasteiger partial charge in [-0.3, -0.25) is 14.5 Å². The largest absolute Gasteiger partial charge is 0.340 e. The number of carbonyl (C=O) groups is 2. The summed E-state index contributed by atoms with van der Waals surface area (Å²) in [6.45, 7) is 9.40. The Labute approximate surface area is 161 Å². The zero-order valence-corrected chi connectivity index (χ0v) is 17.0. The van der Waals surface area contributed by atoms with Crippen LogP contribution in [0, 0.1) is 0 Å². The Morgan fingerprint density at radius 1 is 1.00 bits per heavy atom. The summed E-state index contributed by atoms with van der Waals surface area (Å²) >= 11 is 0. The van der Waals surface area contributed by atoms with E-state index in [1.54, 1.807) is 37.8 Å². The van der Waals surface area contributed by atoms with Crippen LogP contribution in [0.25, 0.3) is 0 Å². The van der Waals surface area contributed by atoms with Crippen LogP contribution in [0.5, 0.6) is 0 Å². The molecule has 1 atom stereocenters. The van der Waals surface area contributed by atoms with E-state index in [-0.39, 0.29) is 28.8 Å². The van der Waals surface area contributed by atoms with Crippen LogP contribution < -0.4 is 10.0 Å². The minimum atomic E-state index is -3.55. The van der Waals surface area contributed by atoms with E-state index in [4.69, 9.17) is 0 Å². The van der Waals surface area contributed by atoms with Gasteiger partial charge in [-0.2, -0.15) is 0 Å². The molecule has 9 heteroatoms. The number of rotatable bonds is 6. The number of hydrogen-bond donors (Lipinski definition) is 2. The summed E-state index contributed by atoms with van der Waals surface area (Å²) in [5, 5.41) is 2.82. The van der Waals surface area contributed by atoms with Crippen LogP contribution in [0.15, 0.2) is 29.2 Å². The quantitative estimate of drug-likeness (QED) is 0.743. The fourth-order valence-electron chi connectivity index (χ4n) is 2.93. The van der Waals surface area contributed by atoms with Crippen LogP contribution in [0.3, 0.4) is 0 Å². The van der Waals surface area contributed by atoms with Crippen LogP contribution >= 0.6 is 0 Å². The zero-order chi connectivity index (χ0) is 20.2. The van der Waals surface area contributed by atoms with E-state index >= 15 is 0 Å². The Balaban J connectivity index is 1.95. The fraction of sp³-hybridized carbons (Fsp3) is 0.556. The maximum absolute atomic E-state index is 12.5. The molecule has 150 valence electrons. The first kappa shape index (κ1) is 21.3. The first-order valence-corrected chi connectivity index (χ1v) is 10.5. The smallest absolute Gasteiger partial charge is 0.241 e. The number of anilines is 1. The number of nitrogens with one attached hydrogen (secondary N) is 2. The van der Waals surface area contributed by atoms with Crippen molar-refractivity contribution >= 4 is 27.5 Å². The molecule has 1 heterocycles. The number of nitrogens with zero attached hydrogens (tertiary/aromatic N) is 2. The third-order valence-corrected chi connectivity index (χ3v) is 6.18. The lowest BCUT2D eigenvalue weighted by atomic mass is 10.2. The van der Waals surface area contributed by atoms with Crippen molar-refractivity contribution in [2.45, 2.75) is 44.7 Å². The first-order valence-electron chi connectivity index (χ1n) is 9.03. The number of benzene rings is 1. The second-order valence-electron chi connectivity index (χ2n) is 7.01. The number of sulfonamides is 1. The lowest BCUT2D eigenvalue weighted by Gasteiger charge is -2.37. The van der Waals surface area contributed by atoms with Crippen molar-refractivity contribution in [2.75, 3.05) is 31.5 Å². The summed E-state index contributed by atoms with van der Waals surface area (Å²) in [7, 11) is -3.55. The molecule has 0 saturated carbocycles. The van der Waals surface area contributed by atoms with E-state index in [1.807, 2.05) is 11.8 Å². The van der Waals surface area contributed by atoms with Crippen molar-refractivity contribution < 1.29 is 18.0 Å². The Morgan fingerprint density at radius 2 is 1.56 bits per heavy atom. The van der Waals surface area contributed by atoms with Crippen molar-refractivity contribution in [1.82, 2.24) is 14.5 Å². The van der Waals surface area contributed by atoms with Gasteiger partial charge in [-0.1, -0.05) is 0 Å². The van der Waals surface area contributed by atoms with E-state index in [1.165, 1.54) is 12.1 Å². The van der Waals surface area contributed by atoms with Gasteiger partial charge in [0.25, 0.3) is 0 Å². The molecule has 8 nitrogen and oxygen atoms in total. The van der Waals surface area contributed by atoms with E-state index in [2.05, 4.69) is 10.0 Å². The van der Waals surface area contributed by atoms with Crippen molar-refractivity contribution in [3.05, 3.63) is 24.3 Å². The molecule has 2 amide bonds. The predicted octanol–water partition coefficient (Wildman–Crippen LogP) is 0.864. The molecule has 2 rings (SSSR count). The highest BCUT2D eigenvalue weighted by Crippen LogP contribution is 2.16. The summed E-state index contributed by atoms with van der Waals surface area (Å²) in [5.41, 5.74) is 0.540. The number of carbonyl (C=O) groups excluding carboxylic acids is 2. The highest BCUT2D eigenvalue weighted by molar-refractivity contribution is 7.89. The summed E-state index contributed by atoms with van der Waals surface area (Å²) in [6, 6.07) is 5.55. The van der Waals surface area contributed by atoms with Crippen molar-refractivity contribution in [2.24, 2.45) is 0 Å². The van der Waals surface area contributed by atoms with Crippen LogP contribution in [-0.4, -0.2) is 68.3 Å².